The van der Waals surface area contributed by atoms with E-state index in [0.29, 0.717) is 31.9 Å². The Morgan fingerprint density at radius 2 is 2.08 bits per heavy atom. The number of methoxy groups -OCH3 is 1. The summed E-state index contributed by atoms with van der Waals surface area (Å²) < 4.78 is 5.12. The predicted octanol–water partition coefficient (Wildman–Crippen LogP) is 1.94. The minimum absolute atomic E-state index is 0.00584. The van der Waals surface area contributed by atoms with Crippen molar-refractivity contribution in [3.8, 4) is 0 Å². The molecule has 3 rings (SSSR count). The van der Waals surface area contributed by atoms with Gasteiger partial charge in [-0.2, -0.15) is 0 Å². The van der Waals surface area contributed by atoms with Crippen molar-refractivity contribution in [1.82, 2.24) is 14.8 Å². The van der Waals surface area contributed by atoms with E-state index in [4.69, 9.17) is 4.74 Å². The monoisotopic (exact) mass is 351 g/mol. The summed E-state index contributed by atoms with van der Waals surface area (Å²) in [7, 11) is 1.66. The number of ether oxygens (including phenoxy) is 1. The molecule has 0 radical (unpaired) electrons. The third-order valence-corrected chi connectivity index (χ3v) is 6.01. The maximum atomic E-state index is 12.9. The number of carbonyl (C=O) groups excluding carboxylic acids is 2. The van der Waals surface area contributed by atoms with Crippen molar-refractivity contribution in [3.05, 3.63) is 16.1 Å². The highest BCUT2D eigenvalue weighted by atomic mass is 32.1. The van der Waals surface area contributed by atoms with Gasteiger partial charge in [-0.1, -0.05) is 0 Å². The first-order valence-electron chi connectivity index (χ1n) is 8.55. The molecule has 2 fully saturated rings. The van der Waals surface area contributed by atoms with Crippen molar-refractivity contribution < 1.29 is 14.3 Å². The second-order valence-electron chi connectivity index (χ2n) is 6.71. The van der Waals surface area contributed by atoms with Gasteiger partial charge in [-0.05, 0) is 32.6 Å². The number of nitrogens with zero attached hydrogens (tertiary/aromatic N) is 3. The zero-order valence-corrected chi connectivity index (χ0v) is 15.2. The van der Waals surface area contributed by atoms with Crippen LogP contribution in [-0.2, 0) is 9.53 Å². The molecule has 0 aromatic carbocycles. The summed E-state index contributed by atoms with van der Waals surface area (Å²) in [6.45, 7) is 5.25. The normalized spacial score (nSPS) is 20.7. The van der Waals surface area contributed by atoms with Gasteiger partial charge in [0, 0.05) is 38.7 Å². The molecule has 0 atom stereocenters. The van der Waals surface area contributed by atoms with Crippen LogP contribution in [0.15, 0.2) is 5.38 Å². The maximum absolute atomic E-state index is 12.9. The summed E-state index contributed by atoms with van der Waals surface area (Å²) in [5.74, 6) is 0.246. The molecule has 0 aliphatic carbocycles. The molecule has 2 amide bonds. The molecule has 3 heterocycles. The zero-order chi connectivity index (χ0) is 17.2. The molecular formula is C17H25N3O3S. The number of hydrogen-bond acceptors (Lipinski definition) is 5. The van der Waals surface area contributed by atoms with Crippen LogP contribution in [0.25, 0.3) is 0 Å². The van der Waals surface area contributed by atoms with E-state index in [1.807, 2.05) is 22.1 Å². The second kappa shape index (κ2) is 7.19. The number of thiazole rings is 1. The van der Waals surface area contributed by atoms with Crippen molar-refractivity contribution >= 4 is 23.2 Å². The Morgan fingerprint density at radius 1 is 1.33 bits per heavy atom. The van der Waals surface area contributed by atoms with Gasteiger partial charge in [0.15, 0.2) is 0 Å². The number of aryl methyl sites for hydroxylation is 1. The van der Waals surface area contributed by atoms with Crippen molar-refractivity contribution in [3.63, 3.8) is 0 Å². The fourth-order valence-electron chi connectivity index (χ4n) is 3.79. The van der Waals surface area contributed by atoms with E-state index in [9.17, 15) is 9.59 Å². The summed E-state index contributed by atoms with van der Waals surface area (Å²) >= 11 is 1.50. The lowest BCUT2D eigenvalue weighted by Crippen LogP contribution is -2.54. The molecule has 0 unspecified atom stereocenters. The molecule has 1 spiro atoms. The van der Waals surface area contributed by atoms with E-state index < -0.39 is 0 Å². The van der Waals surface area contributed by atoms with Crippen LogP contribution in [0.1, 0.15) is 41.2 Å². The van der Waals surface area contributed by atoms with Crippen LogP contribution in [0.4, 0.5) is 0 Å². The summed E-state index contributed by atoms with van der Waals surface area (Å²) in [6.07, 6.45) is 3.48. The maximum Gasteiger partial charge on any atom is 0.273 e. The Labute approximate surface area is 146 Å². The summed E-state index contributed by atoms with van der Waals surface area (Å²) in [5, 5.41) is 2.73. The van der Waals surface area contributed by atoms with Gasteiger partial charge in [-0.25, -0.2) is 4.98 Å². The average molecular weight is 351 g/mol. The average Bonchev–Trinajstić information content (AvgIpc) is 3.03. The Kier molecular flexibility index (Phi) is 5.20. The smallest absolute Gasteiger partial charge is 0.273 e. The van der Waals surface area contributed by atoms with Gasteiger partial charge in [0.1, 0.15) is 5.69 Å². The number of amides is 2. The molecule has 2 aliphatic rings. The van der Waals surface area contributed by atoms with Gasteiger partial charge in [0.25, 0.3) is 5.91 Å². The molecule has 6 nitrogen and oxygen atoms in total. The fraction of sp³-hybridized carbons (Fsp3) is 0.706. The number of likely N-dealkylation sites (tertiary alicyclic amines) is 2. The van der Waals surface area contributed by atoms with Gasteiger partial charge >= 0.3 is 0 Å². The topological polar surface area (TPSA) is 62.7 Å². The van der Waals surface area contributed by atoms with Gasteiger partial charge < -0.3 is 14.5 Å². The Bertz CT molecular complexity index is 608. The number of aromatic nitrogens is 1. The summed E-state index contributed by atoms with van der Waals surface area (Å²) in [4.78, 5) is 33.5. The Hall–Kier alpha value is -1.47. The van der Waals surface area contributed by atoms with Crippen LogP contribution < -0.4 is 0 Å². The number of carbonyl (C=O) groups is 2. The minimum Gasteiger partial charge on any atom is -0.383 e. The summed E-state index contributed by atoms with van der Waals surface area (Å²) in [6, 6.07) is 0. The molecule has 1 aromatic heterocycles. The molecule has 24 heavy (non-hydrogen) atoms. The molecule has 1 aromatic rings. The van der Waals surface area contributed by atoms with Crippen molar-refractivity contribution in [1.29, 1.82) is 0 Å². The molecule has 0 saturated carbocycles. The molecule has 2 aliphatic heterocycles. The first kappa shape index (κ1) is 17.4. The van der Waals surface area contributed by atoms with Crippen LogP contribution in [-0.4, -0.2) is 66.5 Å². The predicted molar refractivity (Wildman–Crippen MR) is 92.1 cm³/mol. The van der Waals surface area contributed by atoms with Gasteiger partial charge in [0.2, 0.25) is 5.91 Å². The third-order valence-electron chi connectivity index (χ3n) is 5.24. The quantitative estimate of drug-likeness (QED) is 0.832. The molecule has 7 heteroatoms. The lowest BCUT2D eigenvalue weighted by molar-refractivity contribution is -0.150. The van der Waals surface area contributed by atoms with Gasteiger partial charge in [-0.15, -0.1) is 11.3 Å². The highest BCUT2D eigenvalue weighted by Crippen LogP contribution is 2.41. The SMILES string of the molecule is COCCN1CCCC2(CCN(C(=O)c3csc(C)n3)CC2)C1=O. The lowest BCUT2D eigenvalue weighted by Gasteiger charge is -2.46. The van der Waals surface area contributed by atoms with E-state index in [0.717, 1.165) is 37.2 Å². The molecule has 0 N–H and O–H groups in total. The Balaban J connectivity index is 1.63. The largest absolute Gasteiger partial charge is 0.383 e. The van der Waals surface area contributed by atoms with Crippen molar-refractivity contribution in [2.45, 2.75) is 32.6 Å². The molecule has 2 saturated heterocycles. The van der Waals surface area contributed by atoms with Crippen molar-refractivity contribution in [2.24, 2.45) is 5.41 Å². The lowest BCUT2D eigenvalue weighted by atomic mass is 9.71. The van der Waals surface area contributed by atoms with E-state index >= 15 is 0 Å². The van der Waals surface area contributed by atoms with Crippen LogP contribution in [0, 0.1) is 12.3 Å². The van der Waals surface area contributed by atoms with E-state index in [1.54, 1.807) is 7.11 Å². The van der Waals surface area contributed by atoms with Gasteiger partial charge in [0.05, 0.1) is 17.0 Å². The number of piperidine rings is 2. The molecular weight excluding hydrogens is 326 g/mol. The van der Waals surface area contributed by atoms with Crippen LogP contribution in [0.3, 0.4) is 0 Å². The fourth-order valence-corrected chi connectivity index (χ4v) is 4.38. The van der Waals surface area contributed by atoms with E-state index in [1.165, 1.54) is 11.3 Å². The van der Waals surface area contributed by atoms with Crippen molar-refractivity contribution in [2.75, 3.05) is 39.9 Å². The highest BCUT2D eigenvalue weighted by Gasteiger charge is 2.46. The van der Waals surface area contributed by atoms with Crippen LogP contribution >= 0.6 is 11.3 Å². The molecule has 132 valence electrons. The van der Waals surface area contributed by atoms with E-state index in [2.05, 4.69) is 4.98 Å². The van der Waals surface area contributed by atoms with Crippen LogP contribution in [0.2, 0.25) is 0 Å². The first-order valence-corrected chi connectivity index (χ1v) is 9.43. The van der Waals surface area contributed by atoms with E-state index in [-0.39, 0.29) is 17.2 Å². The minimum atomic E-state index is -0.277. The van der Waals surface area contributed by atoms with Crippen LogP contribution in [0.5, 0.6) is 0 Å². The first-order chi connectivity index (χ1) is 11.6. The number of rotatable bonds is 4. The third kappa shape index (κ3) is 3.32. The summed E-state index contributed by atoms with van der Waals surface area (Å²) in [5.41, 5.74) is 0.256. The zero-order valence-electron chi connectivity index (χ0n) is 14.4. The molecule has 0 bridgehead atoms. The number of hydrogen-bond donors (Lipinski definition) is 0. The second-order valence-corrected chi connectivity index (χ2v) is 7.78. The highest BCUT2D eigenvalue weighted by molar-refractivity contribution is 7.09. The standard InChI is InChI=1S/C17H25N3O3S/c1-13-18-14(12-24-13)15(21)19-8-5-17(6-9-19)4-3-7-20(16(17)22)10-11-23-2/h12H,3-11H2,1-2H3. The Morgan fingerprint density at radius 3 is 2.71 bits per heavy atom. The van der Waals surface area contributed by atoms with Gasteiger partial charge in [-0.3, -0.25) is 9.59 Å².